The predicted molar refractivity (Wildman–Crippen MR) is 60.0 cm³/mol. The van der Waals surface area contributed by atoms with E-state index in [2.05, 4.69) is 16.9 Å². The molecule has 0 unspecified atom stereocenters. The molecule has 0 saturated heterocycles. The molecule has 0 aliphatic rings. The number of hydrogen-bond acceptors (Lipinski definition) is 2. The van der Waals surface area contributed by atoms with Crippen molar-refractivity contribution in [1.29, 1.82) is 0 Å². The summed E-state index contributed by atoms with van der Waals surface area (Å²) in [4.78, 5) is 18.9. The highest BCUT2D eigenvalue weighted by Crippen LogP contribution is 2.09. The molecular formula is C11H15N3O. The van der Waals surface area contributed by atoms with Crippen molar-refractivity contribution in [2.45, 2.75) is 33.2 Å². The van der Waals surface area contributed by atoms with Gasteiger partial charge in [-0.1, -0.05) is 13.8 Å². The molecule has 15 heavy (non-hydrogen) atoms. The van der Waals surface area contributed by atoms with Crippen LogP contribution in [0.2, 0.25) is 0 Å². The predicted octanol–water partition coefficient (Wildman–Crippen LogP) is 1.70. The largest absolute Gasteiger partial charge is 0.332 e. The Bertz CT molecular complexity index is 524. The van der Waals surface area contributed by atoms with E-state index in [9.17, 15) is 4.79 Å². The topological polar surface area (TPSA) is 50.7 Å². The quantitative estimate of drug-likeness (QED) is 0.829. The van der Waals surface area contributed by atoms with Gasteiger partial charge in [0, 0.05) is 19.2 Å². The Balaban J connectivity index is 2.67. The molecule has 0 aromatic carbocycles. The molecule has 0 bridgehead atoms. The Morgan fingerprint density at radius 1 is 1.47 bits per heavy atom. The average molecular weight is 205 g/mol. The van der Waals surface area contributed by atoms with Crippen LogP contribution in [0.4, 0.5) is 0 Å². The van der Waals surface area contributed by atoms with Crippen molar-refractivity contribution in [1.82, 2.24) is 14.5 Å². The third kappa shape index (κ3) is 1.67. The first-order valence-corrected chi connectivity index (χ1v) is 5.34. The summed E-state index contributed by atoms with van der Waals surface area (Å²) in [5.41, 5.74) is 0.768. The highest BCUT2D eigenvalue weighted by Gasteiger charge is 2.06. The lowest BCUT2D eigenvalue weighted by molar-refractivity contribution is 0.694. The number of fused-ring (bicyclic) bond motifs is 1. The fourth-order valence-corrected chi connectivity index (χ4v) is 1.71. The van der Waals surface area contributed by atoms with Crippen molar-refractivity contribution in [3.63, 3.8) is 0 Å². The van der Waals surface area contributed by atoms with E-state index in [0.29, 0.717) is 5.39 Å². The van der Waals surface area contributed by atoms with Crippen LogP contribution >= 0.6 is 0 Å². The van der Waals surface area contributed by atoms with Crippen LogP contribution in [0.5, 0.6) is 0 Å². The molecule has 2 aromatic rings. The van der Waals surface area contributed by atoms with Gasteiger partial charge in [0.15, 0.2) is 0 Å². The maximum atomic E-state index is 11.7. The second kappa shape index (κ2) is 3.88. The SMILES string of the molecule is CCCn1ccc2c(=O)[nH]c(CC)nc21. The van der Waals surface area contributed by atoms with Crippen LogP contribution in [0.15, 0.2) is 17.1 Å². The first-order valence-electron chi connectivity index (χ1n) is 5.34. The van der Waals surface area contributed by atoms with E-state index in [1.165, 1.54) is 0 Å². The molecule has 4 heteroatoms. The molecule has 0 radical (unpaired) electrons. The zero-order valence-electron chi connectivity index (χ0n) is 9.08. The first-order chi connectivity index (χ1) is 7.26. The van der Waals surface area contributed by atoms with Crippen LogP contribution in [0, 0.1) is 0 Å². The van der Waals surface area contributed by atoms with Gasteiger partial charge in [0.25, 0.3) is 5.56 Å². The molecule has 0 amide bonds. The summed E-state index contributed by atoms with van der Waals surface area (Å²) in [6.45, 7) is 5.00. The summed E-state index contributed by atoms with van der Waals surface area (Å²) in [5.74, 6) is 0.753. The lowest BCUT2D eigenvalue weighted by atomic mass is 10.4. The second-order valence-corrected chi connectivity index (χ2v) is 3.61. The van der Waals surface area contributed by atoms with Crippen LogP contribution in [0.3, 0.4) is 0 Å². The molecule has 2 heterocycles. The van der Waals surface area contributed by atoms with Crippen molar-refractivity contribution < 1.29 is 0 Å². The number of nitrogens with one attached hydrogen (secondary N) is 1. The summed E-state index contributed by atoms with van der Waals surface area (Å²) < 4.78 is 2.03. The molecule has 0 aliphatic heterocycles. The third-order valence-corrected chi connectivity index (χ3v) is 2.48. The Hall–Kier alpha value is -1.58. The van der Waals surface area contributed by atoms with Gasteiger partial charge >= 0.3 is 0 Å². The molecule has 0 atom stereocenters. The summed E-state index contributed by atoms with van der Waals surface area (Å²) >= 11 is 0. The van der Waals surface area contributed by atoms with E-state index in [1.807, 2.05) is 23.8 Å². The van der Waals surface area contributed by atoms with Gasteiger partial charge < -0.3 is 9.55 Å². The fraction of sp³-hybridized carbons (Fsp3) is 0.455. The Kier molecular flexibility index (Phi) is 2.58. The molecule has 2 rings (SSSR count). The number of aryl methyl sites for hydroxylation is 2. The number of aromatic amines is 1. The third-order valence-electron chi connectivity index (χ3n) is 2.48. The van der Waals surface area contributed by atoms with Gasteiger partial charge in [-0.2, -0.15) is 0 Å². The Morgan fingerprint density at radius 3 is 2.93 bits per heavy atom. The minimum Gasteiger partial charge on any atom is -0.332 e. The Morgan fingerprint density at radius 2 is 2.27 bits per heavy atom. The monoisotopic (exact) mass is 205 g/mol. The van der Waals surface area contributed by atoms with Crippen LogP contribution in [0.25, 0.3) is 11.0 Å². The van der Waals surface area contributed by atoms with Crippen LogP contribution in [-0.2, 0) is 13.0 Å². The van der Waals surface area contributed by atoms with Gasteiger partial charge in [-0.15, -0.1) is 0 Å². The zero-order chi connectivity index (χ0) is 10.8. The number of aromatic nitrogens is 3. The van der Waals surface area contributed by atoms with Crippen molar-refractivity contribution in [2.75, 3.05) is 0 Å². The molecular weight excluding hydrogens is 190 g/mol. The number of nitrogens with zero attached hydrogens (tertiary/aromatic N) is 2. The Labute approximate surface area is 88.0 Å². The maximum Gasteiger partial charge on any atom is 0.260 e. The van der Waals surface area contributed by atoms with Crippen molar-refractivity contribution >= 4 is 11.0 Å². The van der Waals surface area contributed by atoms with Gasteiger partial charge in [0.2, 0.25) is 0 Å². The van der Waals surface area contributed by atoms with Crippen LogP contribution in [-0.4, -0.2) is 14.5 Å². The van der Waals surface area contributed by atoms with E-state index in [1.54, 1.807) is 0 Å². The van der Waals surface area contributed by atoms with Gasteiger partial charge in [0.1, 0.15) is 11.5 Å². The van der Waals surface area contributed by atoms with E-state index >= 15 is 0 Å². The minimum absolute atomic E-state index is 0.0355. The second-order valence-electron chi connectivity index (χ2n) is 3.61. The van der Waals surface area contributed by atoms with Crippen LogP contribution < -0.4 is 5.56 Å². The van der Waals surface area contributed by atoms with Gasteiger partial charge in [0.05, 0.1) is 5.39 Å². The summed E-state index contributed by atoms with van der Waals surface area (Å²) in [5, 5.41) is 0.681. The maximum absolute atomic E-state index is 11.7. The molecule has 0 fully saturated rings. The summed E-state index contributed by atoms with van der Waals surface area (Å²) in [6, 6.07) is 1.83. The van der Waals surface area contributed by atoms with E-state index in [0.717, 1.165) is 30.9 Å². The van der Waals surface area contributed by atoms with Crippen molar-refractivity contribution in [3.8, 4) is 0 Å². The van der Waals surface area contributed by atoms with Gasteiger partial charge in [-0.05, 0) is 12.5 Å². The molecule has 1 N–H and O–H groups in total. The molecule has 80 valence electrons. The molecule has 0 aliphatic carbocycles. The van der Waals surface area contributed by atoms with E-state index in [4.69, 9.17) is 0 Å². The molecule has 4 nitrogen and oxygen atoms in total. The molecule has 0 saturated carbocycles. The lowest BCUT2D eigenvalue weighted by Gasteiger charge is -2.02. The summed E-state index contributed by atoms with van der Waals surface area (Å²) in [6.07, 6.45) is 3.72. The first kappa shape index (κ1) is 9.96. The highest BCUT2D eigenvalue weighted by atomic mass is 16.1. The van der Waals surface area contributed by atoms with E-state index < -0.39 is 0 Å². The summed E-state index contributed by atoms with van der Waals surface area (Å²) in [7, 11) is 0. The fourth-order valence-electron chi connectivity index (χ4n) is 1.71. The van der Waals surface area contributed by atoms with Crippen molar-refractivity contribution in [3.05, 3.63) is 28.4 Å². The number of H-pyrrole nitrogens is 1. The van der Waals surface area contributed by atoms with Crippen molar-refractivity contribution in [2.24, 2.45) is 0 Å². The number of hydrogen-bond donors (Lipinski definition) is 1. The molecule has 2 aromatic heterocycles. The van der Waals surface area contributed by atoms with E-state index in [-0.39, 0.29) is 5.56 Å². The smallest absolute Gasteiger partial charge is 0.260 e. The van der Waals surface area contributed by atoms with Gasteiger partial charge in [-0.3, -0.25) is 4.79 Å². The minimum atomic E-state index is -0.0355. The zero-order valence-corrected chi connectivity index (χ0v) is 9.08. The van der Waals surface area contributed by atoms with Gasteiger partial charge in [-0.25, -0.2) is 4.98 Å². The van der Waals surface area contributed by atoms with Crippen LogP contribution in [0.1, 0.15) is 26.1 Å². The highest BCUT2D eigenvalue weighted by molar-refractivity contribution is 5.74. The number of rotatable bonds is 3. The lowest BCUT2D eigenvalue weighted by Crippen LogP contribution is -2.11. The standard InChI is InChI=1S/C11H15N3O/c1-3-6-14-7-5-8-10(14)12-9(4-2)13-11(8)15/h5,7H,3-4,6H2,1-2H3,(H,12,13,15). The average Bonchev–Trinajstić information content (AvgIpc) is 2.63. The molecule has 0 spiro atoms. The normalized spacial score (nSPS) is 11.1.